The maximum Gasteiger partial charge on any atom is 0.137 e. The van der Waals surface area contributed by atoms with Crippen LogP contribution in [0.15, 0.2) is 185 Å². The first kappa shape index (κ1) is 27.5. The van der Waals surface area contributed by atoms with E-state index in [1.807, 2.05) is 6.07 Å². The van der Waals surface area contributed by atoms with Crippen molar-refractivity contribution in [1.29, 1.82) is 0 Å². The highest BCUT2D eigenvalue weighted by molar-refractivity contribution is 6.15. The Morgan fingerprint density at radius 1 is 0.286 bits per heavy atom. The van der Waals surface area contributed by atoms with E-state index in [1.54, 1.807) is 0 Å². The molecule has 0 spiro atoms. The first-order valence-electron chi connectivity index (χ1n) is 16.6. The van der Waals surface area contributed by atoms with Crippen LogP contribution >= 0.6 is 0 Å². The van der Waals surface area contributed by atoms with Gasteiger partial charge in [0.05, 0.1) is 0 Å². The van der Waals surface area contributed by atoms with Crippen molar-refractivity contribution in [2.45, 2.75) is 0 Å². The number of fused-ring (bicyclic) bond motifs is 7. The van der Waals surface area contributed by atoms with Crippen LogP contribution in [0.4, 0.5) is 17.1 Å². The van der Waals surface area contributed by atoms with Crippen molar-refractivity contribution >= 4 is 71.7 Å². The summed E-state index contributed by atoms with van der Waals surface area (Å²) in [5.74, 6) is 0. The number of nitrogens with zero attached hydrogens (tertiary/aromatic N) is 1. The Kier molecular flexibility index (Phi) is 6.18. The first-order valence-corrected chi connectivity index (χ1v) is 16.6. The van der Waals surface area contributed by atoms with Crippen LogP contribution in [0.2, 0.25) is 0 Å². The maximum absolute atomic E-state index is 6.61. The van der Waals surface area contributed by atoms with Crippen molar-refractivity contribution in [3.8, 4) is 22.3 Å². The predicted molar refractivity (Wildman–Crippen MR) is 204 cm³/mol. The van der Waals surface area contributed by atoms with Gasteiger partial charge in [0.2, 0.25) is 0 Å². The lowest BCUT2D eigenvalue weighted by Gasteiger charge is -2.26. The molecule has 0 saturated carbocycles. The lowest BCUT2D eigenvalue weighted by molar-refractivity contribution is 0.664. The number of rotatable bonds is 5. The average molecular weight is 628 g/mol. The van der Waals surface area contributed by atoms with Crippen LogP contribution in [0.3, 0.4) is 0 Å². The Labute approximate surface area is 282 Å². The molecule has 49 heavy (non-hydrogen) atoms. The van der Waals surface area contributed by atoms with Gasteiger partial charge in [-0.25, -0.2) is 0 Å². The topological polar surface area (TPSA) is 29.5 Å². The zero-order valence-electron chi connectivity index (χ0n) is 26.5. The molecule has 0 amide bonds. The summed E-state index contributed by atoms with van der Waals surface area (Å²) in [4.78, 5) is 2.30. The van der Waals surface area contributed by atoms with Crippen LogP contribution in [-0.2, 0) is 0 Å². The van der Waals surface area contributed by atoms with E-state index < -0.39 is 0 Å². The number of hydrogen-bond donors (Lipinski definition) is 0. The second kappa shape index (κ2) is 11.0. The monoisotopic (exact) mass is 627 g/mol. The Bertz CT molecular complexity index is 2810. The third-order valence-electron chi connectivity index (χ3n) is 9.64. The molecule has 10 aromatic rings. The van der Waals surface area contributed by atoms with E-state index in [9.17, 15) is 0 Å². The highest BCUT2D eigenvalue weighted by atomic mass is 16.3. The van der Waals surface area contributed by atoms with Crippen LogP contribution in [0.1, 0.15) is 0 Å². The van der Waals surface area contributed by atoms with Crippen molar-refractivity contribution < 1.29 is 8.83 Å². The minimum atomic E-state index is 0.836. The zero-order valence-corrected chi connectivity index (χ0v) is 26.5. The molecule has 8 aromatic carbocycles. The Hall–Kier alpha value is -6.58. The van der Waals surface area contributed by atoms with Gasteiger partial charge in [0.15, 0.2) is 0 Å². The summed E-state index contributed by atoms with van der Waals surface area (Å²) < 4.78 is 13.1. The Balaban J connectivity index is 1.09. The van der Waals surface area contributed by atoms with Gasteiger partial charge >= 0.3 is 0 Å². The molecule has 3 heteroatoms. The lowest BCUT2D eigenvalue weighted by Crippen LogP contribution is -2.09. The summed E-state index contributed by atoms with van der Waals surface area (Å²) >= 11 is 0. The molecule has 0 aliphatic heterocycles. The highest BCUT2D eigenvalue weighted by Crippen LogP contribution is 2.42. The summed E-state index contributed by atoms with van der Waals surface area (Å²) in [6, 6.07) is 62.0. The van der Waals surface area contributed by atoms with Gasteiger partial charge < -0.3 is 13.7 Å². The Morgan fingerprint density at radius 2 is 0.755 bits per heavy atom. The molecule has 0 aliphatic carbocycles. The maximum atomic E-state index is 6.61. The second-order valence-corrected chi connectivity index (χ2v) is 12.6. The number of benzene rings is 8. The van der Waals surface area contributed by atoms with Crippen LogP contribution < -0.4 is 4.90 Å². The van der Waals surface area contributed by atoms with Gasteiger partial charge in [-0.3, -0.25) is 0 Å². The minimum Gasteiger partial charge on any atom is -0.456 e. The first-order chi connectivity index (χ1) is 24.2. The Morgan fingerprint density at radius 3 is 1.45 bits per heavy atom. The van der Waals surface area contributed by atoms with Crippen molar-refractivity contribution in [1.82, 2.24) is 0 Å². The molecule has 0 atom stereocenters. The van der Waals surface area contributed by atoms with Crippen LogP contribution in [0.25, 0.3) is 76.9 Å². The van der Waals surface area contributed by atoms with Crippen molar-refractivity contribution in [2.24, 2.45) is 0 Å². The van der Waals surface area contributed by atoms with E-state index in [4.69, 9.17) is 8.83 Å². The highest BCUT2D eigenvalue weighted by Gasteiger charge is 2.18. The molecule has 230 valence electrons. The number of furan rings is 2. The van der Waals surface area contributed by atoms with E-state index in [1.165, 1.54) is 27.5 Å². The summed E-state index contributed by atoms with van der Waals surface area (Å²) in [5, 5.41) is 6.65. The molecule has 0 fully saturated rings. The van der Waals surface area contributed by atoms with Crippen LogP contribution in [0, 0.1) is 0 Å². The van der Waals surface area contributed by atoms with Gasteiger partial charge in [0, 0.05) is 44.7 Å². The molecule has 2 aromatic heterocycles. The summed E-state index contributed by atoms with van der Waals surface area (Å²) in [6.45, 7) is 0. The molecule has 0 unspecified atom stereocenters. The molecule has 3 nitrogen and oxygen atoms in total. The molecule has 0 N–H and O–H groups in total. The SMILES string of the molecule is c1ccc(-c2ccc(N(c3ccc4ccccc4c3)c3ccc4c(c3)oc3cc5c(cc34)oc3cc(-c4ccccc4)ccc35)cc2)cc1. The summed E-state index contributed by atoms with van der Waals surface area (Å²) in [7, 11) is 0. The molecule has 0 radical (unpaired) electrons. The van der Waals surface area contributed by atoms with Gasteiger partial charge in [-0.15, -0.1) is 0 Å². The molecular weight excluding hydrogens is 599 g/mol. The number of anilines is 3. The molecule has 0 aliphatic rings. The smallest absolute Gasteiger partial charge is 0.137 e. The van der Waals surface area contributed by atoms with Gasteiger partial charge in [-0.05, 0) is 93.7 Å². The fraction of sp³-hybridized carbons (Fsp3) is 0. The van der Waals surface area contributed by atoms with Crippen molar-refractivity contribution in [3.05, 3.63) is 176 Å². The van der Waals surface area contributed by atoms with E-state index in [2.05, 4.69) is 175 Å². The van der Waals surface area contributed by atoms with Gasteiger partial charge in [0.1, 0.15) is 22.3 Å². The second-order valence-electron chi connectivity index (χ2n) is 12.6. The fourth-order valence-corrected chi connectivity index (χ4v) is 7.18. The third kappa shape index (κ3) is 4.67. The van der Waals surface area contributed by atoms with Crippen LogP contribution in [0.5, 0.6) is 0 Å². The average Bonchev–Trinajstić information content (AvgIpc) is 3.71. The van der Waals surface area contributed by atoms with E-state index in [-0.39, 0.29) is 0 Å². The normalized spacial score (nSPS) is 11.7. The molecule has 2 heterocycles. The number of hydrogen-bond acceptors (Lipinski definition) is 3. The predicted octanol–water partition coefficient (Wildman–Crippen LogP) is 13.4. The quantitative estimate of drug-likeness (QED) is 0.190. The fourth-order valence-electron chi connectivity index (χ4n) is 7.18. The standard InChI is InChI=1S/C46H29NO2/c1-3-9-30(10-4-1)33-15-19-36(20-16-33)47(37-21-17-32-13-7-8-14-34(32)25-37)38-22-24-40-42-29-45-41(28-46(42)49-44(40)27-38)39-23-18-35(26-43(39)48-45)31-11-5-2-6-12-31/h1-29H. The molecule has 10 rings (SSSR count). The van der Waals surface area contributed by atoms with E-state index >= 15 is 0 Å². The minimum absolute atomic E-state index is 0.836. The molecular formula is C46H29NO2. The van der Waals surface area contributed by atoms with Crippen molar-refractivity contribution in [3.63, 3.8) is 0 Å². The largest absolute Gasteiger partial charge is 0.456 e. The summed E-state index contributed by atoms with van der Waals surface area (Å²) in [6.07, 6.45) is 0. The van der Waals surface area contributed by atoms with E-state index in [0.29, 0.717) is 0 Å². The van der Waals surface area contributed by atoms with Crippen LogP contribution in [-0.4, -0.2) is 0 Å². The zero-order chi connectivity index (χ0) is 32.3. The van der Waals surface area contributed by atoms with Gasteiger partial charge in [0.25, 0.3) is 0 Å². The third-order valence-corrected chi connectivity index (χ3v) is 9.64. The molecule has 0 saturated heterocycles. The summed E-state index contributed by atoms with van der Waals surface area (Å²) in [5.41, 5.74) is 11.3. The van der Waals surface area contributed by atoms with Crippen molar-refractivity contribution in [2.75, 3.05) is 4.90 Å². The lowest BCUT2D eigenvalue weighted by atomic mass is 10.0. The molecule has 0 bridgehead atoms. The van der Waals surface area contributed by atoms with E-state index in [0.717, 1.165) is 66.5 Å². The van der Waals surface area contributed by atoms with Gasteiger partial charge in [-0.2, -0.15) is 0 Å². The van der Waals surface area contributed by atoms with Gasteiger partial charge in [-0.1, -0.05) is 109 Å².